The highest BCUT2D eigenvalue weighted by Crippen LogP contribution is 2.68. The van der Waals surface area contributed by atoms with Gasteiger partial charge in [-0.2, -0.15) is 0 Å². The molecule has 2 bridgehead atoms. The molecule has 3 heterocycles. The van der Waals surface area contributed by atoms with Gasteiger partial charge < -0.3 is 20.6 Å². The van der Waals surface area contributed by atoms with Crippen molar-refractivity contribution < 1.29 is 19.5 Å². The molecule has 3 unspecified atom stereocenters. The van der Waals surface area contributed by atoms with Gasteiger partial charge in [0, 0.05) is 17.0 Å². The summed E-state index contributed by atoms with van der Waals surface area (Å²) < 4.78 is -0.677. The van der Waals surface area contributed by atoms with Crippen molar-refractivity contribution in [2.45, 2.75) is 75.6 Å². The Labute approximate surface area is 206 Å². The van der Waals surface area contributed by atoms with Crippen LogP contribution >= 0.6 is 11.8 Å². The van der Waals surface area contributed by atoms with Gasteiger partial charge in [0.1, 0.15) is 6.04 Å². The third-order valence-electron chi connectivity index (χ3n) is 7.55. The molecule has 186 valence electrons. The topological polar surface area (TPSA) is 98.7 Å². The number of carbonyl (C=O) groups excluding carboxylic acids is 3. The van der Waals surface area contributed by atoms with Crippen molar-refractivity contribution in [3.63, 3.8) is 0 Å². The number of amides is 3. The molecule has 3 N–H and O–H groups in total. The predicted octanol–water partition coefficient (Wildman–Crippen LogP) is 2.89. The van der Waals surface area contributed by atoms with Gasteiger partial charge in [-0.05, 0) is 50.7 Å². The second-order valence-electron chi connectivity index (χ2n) is 10.8. The van der Waals surface area contributed by atoms with E-state index in [9.17, 15) is 19.5 Å². The highest BCUT2D eigenvalue weighted by molar-refractivity contribution is 8.02. The number of rotatable bonds is 8. The molecule has 8 heteroatoms. The number of anilines is 1. The molecule has 34 heavy (non-hydrogen) atoms. The van der Waals surface area contributed by atoms with Crippen LogP contribution in [0.5, 0.6) is 0 Å². The van der Waals surface area contributed by atoms with Crippen LogP contribution in [0, 0.1) is 23.7 Å². The molecular formula is C26H37N3O4S. The van der Waals surface area contributed by atoms with E-state index < -0.39 is 28.7 Å². The van der Waals surface area contributed by atoms with E-state index in [2.05, 4.69) is 17.6 Å². The quantitative estimate of drug-likeness (QED) is 0.524. The summed E-state index contributed by atoms with van der Waals surface area (Å²) in [6, 6.07) is 8.05. The molecule has 3 saturated heterocycles. The molecule has 4 rings (SSSR count). The van der Waals surface area contributed by atoms with Crippen molar-refractivity contribution in [2.75, 3.05) is 11.9 Å². The second kappa shape index (κ2) is 9.53. The lowest BCUT2D eigenvalue weighted by Gasteiger charge is -2.40. The Kier molecular flexibility index (Phi) is 7.02. The van der Waals surface area contributed by atoms with Crippen molar-refractivity contribution >= 4 is 35.2 Å². The summed E-state index contributed by atoms with van der Waals surface area (Å²) in [6.45, 7) is 9.81. The summed E-state index contributed by atoms with van der Waals surface area (Å²) in [5.74, 6) is -1.26. The molecule has 0 aromatic heterocycles. The maximum Gasteiger partial charge on any atom is 0.244 e. The number of benzene rings is 1. The smallest absolute Gasteiger partial charge is 0.244 e. The number of hydrogen-bond acceptors (Lipinski definition) is 5. The monoisotopic (exact) mass is 487 g/mol. The summed E-state index contributed by atoms with van der Waals surface area (Å²) in [5.41, 5.74) is 0.701. The Hall–Kier alpha value is -2.06. The largest absolute Gasteiger partial charge is 0.394 e. The number of likely N-dealkylation sites (tertiary alicyclic amines) is 1. The zero-order chi connectivity index (χ0) is 24.8. The van der Waals surface area contributed by atoms with Crippen molar-refractivity contribution in [1.29, 1.82) is 0 Å². The molecule has 0 aliphatic carbocycles. The van der Waals surface area contributed by atoms with Crippen LogP contribution in [0.1, 0.15) is 47.5 Å². The highest BCUT2D eigenvalue weighted by Gasteiger charge is 2.76. The van der Waals surface area contributed by atoms with E-state index in [0.29, 0.717) is 12.1 Å². The van der Waals surface area contributed by atoms with Crippen LogP contribution in [-0.2, 0) is 14.4 Å². The van der Waals surface area contributed by atoms with Gasteiger partial charge in [0.25, 0.3) is 0 Å². The molecule has 3 fully saturated rings. The molecule has 0 radical (unpaired) electrons. The zero-order valence-electron chi connectivity index (χ0n) is 20.7. The first-order valence-corrected chi connectivity index (χ1v) is 13.3. The van der Waals surface area contributed by atoms with E-state index in [0.717, 1.165) is 6.42 Å². The zero-order valence-corrected chi connectivity index (χ0v) is 21.5. The second-order valence-corrected chi connectivity index (χ2v) is 12.3. The Morgan fingerprint density at radius 2 is 1.85 bits per heavy atom. The lowest BCUT2D eigenvalue weighted by Crippen LogP contribution is -2.59. The summed E-state index contributed by atoms with van der Waals surface area (Å²) in [6.07, 6.45) is 1.38. The van der Waals surface area contributed by atoms with Crippen LogP contribution in [0.2, 0.25) is 0 Å². The van der Waals surface area contributed by atoms with Crippen molar-refractivity contribution in [2.24, 2.45) is 23.7 Å². The molecule has 1 aromatic carbocycles. The van der Waals surface area contributed by atoms with Gasteiger partial charge in [-0.3, -0.25) is 14.4 Å². The third kappa shape index (κ3) is 4.02. The fourth-order valence-corrected chi connectivity index (χ4v) is 8.79. The van der Waals surface area contributed by atoms with Gasteiger partial charge in [-0.1, -0.05) is 39.0 Å². The number of aliphatic hydroxyl groups is 1. The molecule has 3 aliphatic heterocycles. The molecule has 3 aliphatic rings. The van der Waals surface area contributed by atoms with Crippen molar-refractivity contribution in [3.8, 4) is 0 Å². The lowest BCUT2D eigenvalue weighted by atomic mass is 9.65. The molecule has 7 nitrogen and oxygen atoms in total. The van der Waals surface area contributed by atoms with Gasteiger partial charge in [0.2, 0.25) is 17.7 Å². The van der Waals surface area contributed by atoms with Gasteiger partial charge >= 0.3 is 0 Å². The van der Waals surface area contributed by atoms with E-state index >= 15 is 0 Å². The number of para-hydroxylation sites is 1. The number of fused-ring (bicyclic) bond motifs is 1. The predicted molar refractivity (Wildman–Crippen MR) is 134 cm³/mol. The van der Waals surface area contributed by atoms with Crippen LogP contribution in [0.15, 0.2) is 30.3 Å². The fraction of sp³-hybridized carbons (Fsp3) is 0.654. The fourth-order valence-electron chi connectivity index (χ4n) is 6.38. The lowest BCUT2D eigenvalue weighted by molar-refractivity contribution is -0.142. The Balaban J connectivity index is 1.75. The summed E-state index contributed by atoms with van der Waals surface area (Å²) in [7, 11) is 0. The number of carbonyl (C=O) groups is 3. The van der Waals surface area contributed by atoms with Crippen LogP contribution in [0.25, 0.3) is 0 Å². The summed E-state index contributed by atoms with van der Waals surface area (Å²) in [4.78, 5) is 42.9. The molecule has 1 aromatic rings. The summed E-state index contributed by atoms with van der Waals surface area (Å²) in [5, 5.41) is 16.3. The Morgan fingerprint density at radius 1 is 1.18 bits per heavy atom. The molecular weight excluding hydrogens is 450 g/mol. The van der Waals surface area contributed by atoms with E-state index in [1.807, 2.05) is 58.0 Å². The SMILES string of the molecule is CC(C)C[C@H](CO)N1C(=O)[C@@H]2[C@@H](C(=O)Nc3ccccc3)[C@H]3CC(C)C2(S3)C1C(=O)NC(C)C. The third-order valence-corrected chi connectivity index (χ3v) is 9.63. The number of thioether (sulfide) groups is 1. The number of hydrogen-bond donors (Lipinski definition) is 3. The van der Waals surface area contributed by atoms with E-state index in [-0.39, 0.29) is 47.5 Å². The first-order chi connectivity index (χ1) is 16.1. The average Bonchev–Trinajstić information content (AvgIpc) is 3.36. The van der Waals surface area contributed by atoms with E-state index in [1.165, 1.54) is 0 Å². The minimum absolute atomic E-state index is 0.0122. The van der Waals surface area contributed by atoms with E-state index in [4.69, 9.17) is 0 Å². The molecule has 3 amide bonds. The van der Waals surface area contributed by atoms with Crippen molar-refractivity contribution in [3.05, 3.63) is 30.3 Å². The first kappa shape index (κ1) is 25.0. The van der Waals surface area contributed by atoms with Gasteiger partial charge in [-0.15, -0.1) is 11.8 Å². The van der Waals surface area contributed by atoms with Gasteiger partial charge in [-0.25, -0.2) is 0 Å². The van der Waals surface area contributed by atoms with Gasteiger partial charge in [0.05, 0.1) is 29.2 Å². The minimum atomic E-state index is -0.706. The Morgan fingerprint density at radius 3 is 2.44 bits per heavy atom. The van der Waals surface area contributed by atoms with E-state index in [1.54, 1.807) is 16.7 Å². The van der Waals surface area contributed by atoms with Gasteiger partial charge in [0.15, 0.2) is 0 Å². The van der Waals surface area contributed by atoms with Crippen LogP contribution in [0.3, 0.4) is 0 Å². The minimum Gasteiger partial charge on any atom is -0.394 e. The number of aliphatic hydroxyl groups excluding tert-OH is 1. The maximum atomic E-state index is 14.1. The van der Waals surface area contributed by atoms with Crippen LogP contribution in [0.4, 0.5) is 5.69 Å². The first-order valence-electron chi connectivity index (χ1n) is 12.4. The molecule has 1 spiro atoms. The normalized spacial score (nSPS) is 32.9. The average molecular weight is 488 g/mol. The molecule has 0 saturated carbocycles. The molecule has 7 atom stereocenters. The number of nitrogens with one attached hydrogen (secondary N) is 2. The van der Waals surface area contributed by atoms with Crippen molar-refractivity contribution in [1.82, 2.24) is 10.2 Å². The maximum absolute atomic E-state index is 14.1. The summed E-state index contributed by atoms with van der Waals surface area (Å²) >= 11 is 1.66. The highest BCUT2D eigenvalue weighted by atomic mass is 32.2. The van der Waals surface area contributed by atoms with Crippen LogP contribution < -0.4 is 10.6 Å². The van der Waals surface area contributed by atoms with Crippen LogP contribution in [-0.4, -0.2) is 62.5 Å². The Bertz CT molecular complexity index is 939. The number of nitrogens with zero attached hydrogens (tertiary/aromatic N) is 1. The standard InChI is InChI=1S/C26H37N3O4S/c1-14(2)11-18(13-30)29-22(24(32)27-15(3)4)26-16(5)12-19(34-26)20(21(26)25(29)33)23(31)28-17-9-7-6-8-10-17/h6-10,14-16,18-22,30H,11-13H2,1-5H3,(H,27,32)(H,28,31)/t16?,18-,19-,20+,21+,22?,26?/m1/s1.